The van der Waals surface area contributed by atoms with E-state index in [-0.39, 0.29) is 24.4 Å². The smallest absolute Gasteiger partial charge is 0.272 e. The van der Waals surface area contributed by atoms with Crippen molar-refractivity contribution in [1.29, 1.82) is 0 Å². The van der Waals surface area contributed by atoms with Gasteiger partial charge in [-0.05, 0) is 32.0 Å². The van der Waals surface area contributed by atoms with Crippen LogP contribution in [-0.4, -0.2) is 44.7 Å². The molecule has 1 aliphatic heterocycles. The molecule has 2 N–H and O–H groups in total. The van der Waals surface area contributed by atoms with Gasteiger partial charge in [-0.15, -0.1) is 12.4 Å². The number of aromatic nitrogens is 4. The number of fused-ring (bicyclic) bond motifs is 1. The summed E-state index contributed by atoms with van der Waals surface area (Å²) >= 11 is 0. The Morgan fingerprint density at radius 3 is 2.81 bits per heavy atom. The Bertz CT molecular complexity index is 1000. The third-order valence-electron chi connectivity index (χ3n) is 5.15. The average molecular weight is 445 g/mol. The number of carbonyl (C=O) groups is 1. The van der Waals surface area contributed by atoms with Gasteiger partial charge in [0, 0.05) is 43.0 Å². The Kier molecular flexibility index (Phi) is 7.70. The van der Waals surface area contributed by atoms with Crippen molar-refractivity contribution in [2.75, 3.05) is 13.2 Å². The molecule has 166 valence electrons. The zero-order chi connectivity index (χ0) is 20.9. The molecule has 9 heteroatoms. The molecule has 1 atom stereocenters. The number of rotatable bonds is 8. The molecule has 3 heterocycles. The Morgan fingerprint density at radius 1 is 1.26 bits per heavy atom. The molecule has 0 saturated carbocycles. The highest BCUT2D eigenvalue weighted by molar-refractivity contribution is 5.94. The standard InChI is InChI=1S/C22H28N6O2.ClH/c1-16-9-11-27(25-16)15-17(2)24-22(29)21-19-14-23-10-8-20(19)28(26-21)12-13-30-18-6-4-3-5-7-18;/h3-7,9,11,17,23H,8,10,12-15H2,1-2H3,(H,24,29);1H. The van der Waals surface area contributed by atoms with Crippen LogP contribution in [0.25, 0.3) is 0 Å². The molecular weight excluding hydrogens is 416 g/mol. The van der Waals surface area contributed by atoms with Crippen molar-refractivity contribution in [2.24, 2.45) is 0 Å². The molecule has 3 aromatic rings. The number of hydrogen-bond acceptors (Lipinski definition) is 5. The number of ether oxygens (including phenoxy) is 1. The molecular formula is C22H29ClN6O2. The molecule has 0 aliphatic carbocycles. The predicted molar refractivity (Wildman–Crippen MR) is 121 cm³/mol. The first-order valence-electron chi connectivity index (χ1n) is 10.4. The van der Waals surface area contributed by atoms with E-state index >= 15 is 0 Å². The van der Waals surface area contributed by atoms with Gasteiger partial charge in [0.25, 0.3) is 5.91 Å². The van der Waals surface area contributed by atoms with Crippen molar-refractivity contribution in [1.82, 2.24) is 30.2 Å². The minimum absolute atomic E-state index is 0. The third-order valence-corrected chi connectivity index (χ3v) is 5.15. The highest BCUT2D eigenvalue weighted by Crippen LogP contribution is 2.19. The molecule has 1 aromatic carbocycles. The van der Waals surface area contributed by atoms with E-state index in [1.54, 1.807) is 0 Å². The first-order valence-corrected chi connectivity index (χ1v) is 10.4. The van der Waals surface area contributed by atoms with Gasteiger partial charge in [0.05, 0.1) is 18.8 Å². The summed E-state index contributed by atoms with van der Waals surface area (Å²) in [5.74, 6) is 0.690. The Morgan fingerprint density at radius 2 is 2.06 bits per heavy atom. The molecule has 1 amide bonds. The molecule has 0 spiro atoms. The number of halogens is 1. The fourth-order valence-electron chi connectivity index (χ4n) is 3.74. The van der Waals surface area contributed by atoms with Gasteiger partial charge in [-0.2, -0.15) is 10.2 Å². The fourth-order valence-corrected chi connectivity index (χ4v) is 3.74. The normalized spacial score (nSPS) is 13.7. The summed E-state index contributed by atoms with van der Waals surface area (Å²) in [6.07, 6.45) is 2.77. The lowest BCUT2D eigenvalue weighted by molar-refractivity contribution is 0.0928. The van der Waals surface area contributed by atoms with E-state index in [1.807, 2.05) is 65.8 Å². The summed E-state index contributed by atoms with van der Waals surface area (Å²) in [5, 5.41) is 15.4. The first-order chi connectivity index (χ1) is 14.6. The lowest BCUT2D eigenvalue weighted by atomic mass is 10.1. The highest BCUT2D eigenvalue weighted by atomic mass is 35.5. The lowest BCUT2D eigenvalue weighted by Crippen LogP contribution is -2.37. The van der Waals surface area contributed by atoms with Gasteiger partial charge in [0.15, 0.2) is 5.69 Å². The second-order valence-corrected chi connectivity index (χ2v) is 7.64. The summed E-state index contributed by atoms with van der Waals surface area (Å²) in [6.45, 7) is 7.19. The molecule has 1 aliphatic rings. The van der Waals surface area contributed by atoms with Crippen LogP contribution in [0.15, 0.2) is 42.6 Å². The number of aryl methyl sites for hydroxylation is 1. The number of nitrogens with one attached hydrogen (secondary N) is 2. The molecule has 1 unspecified atom stereocenters. The van der Waals surface area contributed by atoms with Crippen molar-refractivity contribution in [3.05, 3.63) is 65.2 Å². The topological polar surface area (TPSA) is 86.0 Å². The second-order valence-electron chi connectivity index (χ2n) is 7.64. The quantitative estimate of drug-likeness (QED) is 0.557. The van der Waals surface area contributed by atoms with Crippen LogP contribution >= 0.6 is 12.4 Å². The van der Waals surface area contributed by atoms with Crippen molar-refractivity contribution >= 4 is 18.3 Å². The lowest BCUT2D eigenvalue weighted by Gasteiger charge is -2.16. The molecule has 0 radical (unpaired) electrons. The summed E-state index contributed by atoms with van der Waals surface area (Å²) < 4.78 is 9.59. The van der Waals surface area contributed by atoms with Gasteiger partial charge >= 0.3 is 0 Å². The molecule has 0 bridgehead atoms. The van der Waals surface area contributed by atoms with Gasteiger partial charge in [-0.1, -0.05) is 18.2 Å². The van der Waals surface area contributed by atoms with E-state index in [1.165, 1.54) is 0 Å². The largest absolute Gasteiger partial charge is 0.492 e. The van der Waals surface area contributed by atoms with E-state index in [9.17, 15) is 4.79 Å². The monoisotopic (exact) mass is 444 g/mol. The van der Waals surface area contributed by atoms with Crippen molar-refractivity contribution in [2.45, 2.75) is 45.9 Å². The second kappa shape index (κ2) is 10.5. The molecule has 4 rings (SSSR count). The first kappa shape index (κ1) is 22.8. The summed E-state index contributed by atoms with van der Waals surface area (Å²) in [7, 11) is 0. The Labute approximate surface area is 188 Å². The van der Waals surface area contributed by atoms with Crippen LogP contribution in [0.3, 0.4) is 0 Å². The maximum absolute atomic E-state index is 13.0. The molecule has 8 nitrogen and oxygen atoms in total. The number of nitrogens with zero attached hydrogens (tertiary/aromatic N) is 4. The van der Waals surface area contributed by atoms with Crippen LogP contribution in [0.1, 0.15) is 34.4 Å². The number of carbonyl (C=O) groups excluding carboxylic acids is 1. The summed E-state index contributed by atoms with van der Waals surface area (Å²) in [5.41, 5.74) is 3.57. The summed E-state index contributed by atoms with van der Waals surface area (Å²) in [6, 6.07) is 11.6. The molecule has 0 saturated heterocycles. The van der Waals surface area contributed by atoms with Gasteiger partial charge in [-0.25, -0.2) is 0 Å². The van der Waals surface area contributed by atoms with Crippen LogP contribution in [0.4, 0.5) is 0 Å². The van der Waals surface area contributed by atoms with Gasteiger partial charge in [-0.3, -0.25) is 14.2 Å². The Balaban J connectivity index is 0.00000272. The predicted octanol–water partition coefficient (Wildman–Crippen LogP) is 2.35. The molecule has 2 aromatic heterocycles. The maximum atomic E-state index is 13.0. The molecule has 0 fully saturated rings. The van der Waals surface area contributed by atoms with Gasteiger partial charge in [0.2, 0.25) is 0 Å². The zero-order valence-electron chi connectivity index (χ0n) is 17.9. The van der Waals surface area contributed by atoms with Crippen LogP contribution in [0.5, 0.6) is 5.75 Å². The van der Waals surface area contributed by atoms with Crippen molar-refractivity contribution in [3.63, 3.8) is 0 Å². The van der Waals surface area contributed by atoms with Crippen LogP contribution in [0.2, 0.25) is 0 Å². The van der Waals surface area contributed by atoms with E-state index in [0.29, 0.717) is 31.9 Å². The van der Waals surface area contributed by atoms with E-state index in [2.05, 4.69) is 20.8 Å². The van der Waals surface area contributed by atoms with E-state index < -0.39 is 0 Å². The highest BCUT2D eigenvalue weighted by Gasteiger charge is 2.25. The summed E-state index contributed by atoms with van der Waals surface area (Å²) in [4.78, 5) is 13.0. The minimum atomic E-state index is -0.144. The van der Waals surface area contributed by atoms with Crippen molar-refractivity contribution < 1.29 is 9.53 Å². The molecule has 31 heavy (non-hydrogen) atoms. The van der Waals surface area contributed by atoms with Crippen LogP contribution in [-0.2, 0) is 26.1 Å². The Hall–Kier alpha value is -2.84. The van der Waals surface area contributed by atoms with Gasteiger partial charge < -0.3 is 15.4 Å². The number of amides is 1. The van der Waals surface area contributed by atoms with Crippen LogP contribution in [0, 0.1) is 6.92 Å². The van der Waals surface area contributed by atoms with E-state index in [0.717, 1.165) is 35.7 Å². The third kappa shape index (κ3) is 5.65. The minimum Gasteiger partial charge on any atom is -0.492 e. The van der Waals surface area contributed by atoms with Crippen LogP contribution < -0.4 is 15.4 Å². The number of para-hydroxylation sites is 1. The number of hydrogen-bond donors (Lipinski definition) is 2. The fraction of sp³-hybridized carbons (Fsp3) is 0.409. The van der Waals surface area contributed by atoms with Crippen molar-refractivity contribution in [3.8, 4) is 5.75 Å². The van der Waals surface area contributed by atoms with Gasteiger partial charge in [0.1, 0.15) is 12.4 Å². The average Bonchev–Trinajstić information content (AvgIpc) is 3.32. The number of benzene rings is 1. The maximum Gasteiger partial charge on any atom is 0.272 e. The zero-order valence-corrected chi connectivity index (χ0v) is 18.7. The van der Waals surface area contributed by atoms with E-state index in [4.69, 9.17) is 4.74 Å². The SMILES string of the molecule is Cc1ccn(CC(C)NC(=O)c2nn(CCOc3ccccc3)c3c2CNCC3)n1.Cl.